The van der Waals surface area contributed by atoms with Crippen LogP contribution in [0.3, 0.4) is 0 Å². The van der Waals surface area contributed by atoms with Crippen LogP contribution in [0.1, 0.15) is 155 Å². The van der Waals surface area contributed by atoms with E-state index in [-0.39, 0.29) is 32.0 Å². The highest BCUT2D eigenvalue weighted by atomic mass is 31.2. The highest BCUT2D eigenvalue weighted by Gasteiger charge is 2.21. The Morgan fingerprint density at radius 1 is 0.652 bits per heavy atom. The summed E-state index contributed by atoms with van der Waals surface area (Å²) in [6.07, 6.45) is 26.7. The summed E-state index contributed by atoms with van der Waals surface area (Å²) < 4.78 is 33.6. The fraction of sp³-hybridized carbons (Fsp3) is 0.889. The van der Waals surface area contributed by atoms with E-state index in [0.29, 0.717) is 17.4 Å². The molecule has 0 radical (unpaired) electrons. The molecule has 0 bridgehead atoms. The number of carbonyl (C=O) groups excluding carboxylic acids is 2. The van der Waals surface area contributed by atoms with Crippen molar-refractivity contribution in [2.24, 2.45) is 0 Å². The zero-order valence-corrected chi connectivity index (χ0v) is 31.2. The number of hydrogen-bond donors (Lipinski definition) is 0. The summed E-state index contributed by atoms with van der Waals surface area (Å²) in [5, 5.41) is 0. The van der Waals surface area contributed by atoms with Crippen LogP contribution in [0.2, 0.25) is 0 Å². The third kappa shape index (κ3) is 32.7. The van der Waals surface area contributed by atoms with Gasteiger partial charge in [0.2, 0.25) is 0 Å². The number of phosphoric ester groups is 1. The molecule has 0 spiro atoms. The fourth-order valence-electron chi connectivity index (χ4n) is 4.82. The van der Waals surface area contributed by atoms with E-state index in [1.807, 2.05) is 21.1 Å². The first-order valence-electron chi connectivity index (χ1n) is 18.4. The smallest absolute Gasteiger partial charge is 0.306 e. The van der Waals surface area contributed by atoms with Crippen LogP contribution < -0.4 is 4.89 Å². The maximum atomic E-state index is 12.6. The summed E-state index contributed by atoms with van der Waals surface area (Å²) in [6.45, 7) is 4.16. The standard InChI is InChI=1S/C36H70NO8P/c1-6-8-10-12-14-16-17-18-19-21-23-25-27-29-36(39)45-34(33-44-46(40,41)43-31-30-37(3,4)5)32-42-35(38)28-26-24-22-20-15-13-11-9-7-2/h16-17,34H,6-15,18-33H2,1-5H3/b17-16+/t34-/m1/s1. The van der Waals surface area contributed by atoms with Crippen LogP contribution in [0.5, 0.6) is 0 Å². The van der Waals surface area contributed by atoms with Gasteiger partial charge in [0.25, 0.3) is 7.82 Å². The molecule has 0 fully saturated rings. The number of nitrogens with zero attached hydrogens (tertiary/aromatic N) is 1. The third-order valence-corrected chi connectivity index (χ3v) is 8.75. The van der Waals surface area contributed by atoms with Crippen LogP contribution in [0, 0.1) is 0 Å². The molecule has 0 aliphatic heterocycles. The van der Waals surface area contributed by atoms with E-state index in [0.717, 1.165) is 51.4 Å². The summed E-state index contributed by atoms with van der Waals surface area (Å²) in [5.74, 6) is -0.846. The molecular formula is C36H70NO8P. The van der Waals surface area contributed by atoms with Crippen molar-refractivity contribution in [1.82, 2.24) is 0 Å². The van der Waals surface area contributed by atoms with Gasteiger partial charge in [0.15, 0.2) is 6.10 Å². The molecule has 0 saturated heterocycles. The molecule has 0 N–H and O–H groups in total. The van der Waals surface area contributed by atoms with Gasteiger partial charge < -0.3 is 27.9 Å². The van der Waals surface area contributed by atoms with Crippen molar-refractivity contribution in [3.05, 3.63) is 12.2 Å². The van der Waals surface area contributed by atoms with Crippen molar-refractivity contribution in [2.45, 2.75) is 161 Å². The van der Waals surface area contributed by atoms with Crippen LogP contribution in [0.15, 0.2) is 12.2 Å². The molecule has 0 aromatic carbocycles. The Bertz CT molecular complexity index is 814. The Balaban J connectivity index is 4.47. The molecule has 0 aliphatic carbocycles. The van der Waals surface area contributed by atoms with Crippen LogP contribution in [0.25, 0.3) is 0 Å². The topological polar surface area (TPSA) is 111 Å². The van der Waals surface area contributed by atoms with E-state index < -0.39 is 26.5 Å². The lowest BCUT2D eigenvalue weighted by atomic mass is 10.1. The zero-order valence-electron chi connectivity index (χ0n) is 30.3. The summed E-state index contributed by atoms with van der Waals surface area (Å²) in [5.41, 5.74) is 0. The highest BCUT2D eigenvalue weighted by molar-refractivity contribution is 7.45. The summed E-state index contributed by atoms with van der Waals surface area (Å²) in [7, 11) is 1.16. The summed E-state index contributed by atoms with van der Waals surface area (Å²) >= 11 is 0. The molecule has 0 aromatic rings. The Kier molecular flexibility index (Phi) is 29.0. The molecular weight excluding hydrogens is 605 g/mol. The molecule has 0 aromatic heterocycles. The summed E-state index contributed by atoms with van der Waals surface area (Å²) in [4.78, 5) is 37.2. The van der Waals surface area contributed by atoms with Crippen LogP contribution in [-0.2, 0) is 32.7 Å². The molecule has 2 atom stereocenters. The normalized spacial score (nSPS) is 14.0. The lowest BCUT2D eigenvalue weighted by Gasteiger charge is -2.28. The number of ether oxygens (including phenoxy) is 2. The molecule has 46 heavy (non-hydrogen) atoms. The molecule has 0 rings (SSSR count). The van der Waals surface area contributed by atoms with Crippen molar-refractivity contribution in [1.29, 1.82) is 0 Å². The number of rotatable bonds is 33. The quantitative estimate of drug-likeness (QED) is 0.0223. The minimum atomic E-state index is -4.61. The zero-order chi connectivity index (χ0) is 34.4. The fourth-order valence-corrected chi connectivity index (χ4v) is 5.55. The predicted octanol–water partition coefficient (Wildman–Crippen LogP) is 8.83. The Morgan fingerprint density at radius 3 is 1.63 bits per heavy atom. The average Bonchev–Trinajstić information content (AvgIpc) is 2.99. The molecule has 0 aliphatic rings. The van der Waals surface area contributed by atoms with Crippen LogP contribution >= 0.6 is 7.82 Å². The average molecular weight is 676 g/mol. The van der Waals surface area contributed by atoms with E-state index in [9.17, 15) is 19.0 Å². The second-order valence-corrected chi connectivity index (χ2v) is 15.0. The van der Waals surface area contributed by atoms with Crippen molar-refractivity contribution in [3.8, 4) is 0 Å². The van der Waals surface area contributed by atoms with Crippen LogP contribution in [-0.4, -0.2) is 70.0 Å². The number of unbranched alkanes of at least 4 members (excludes halogenated alkanes) is 17. The first-order chi connectivity index (χ1) is 22.0. The number of carbonyl (C=O) groups is 2. The molecule has 0 saturated carbocycles. The van der Waals surface area contributed by atoms with Gasteiger partial charge in [0, 0.05) is 12.8 Å². The first kappa shape index (κ1) is 44.8. The van der Waals surface area contributed by atoms with Crippen LogP contribution in [0.4, 0.5) is 0 Å². The molecule has 9 nitrogen and oxygen atoms in total. The molecule has 10 heteroatoms. The summed E-state index contributed by atoms with van der Waals surface area (Å²) in [6, 6.07) is 0. The van der Waals surface area contributed by atoms with Gasteiger partial charge in [0.05, 0.1) is 27.7 Å². The number of quaternary nitrogens is 1. The SMILES string of the molecule is CCCCCC/C=C/CCCCCCCC(=O)O[C@H](COC(=O)CCCCCCCCCCC)COP(=O)([O-])OCC[N+](C)(C)C. The van der Waals surface area contributed by atoms with Gasteiger partial charge in [-0.1, -0.05) is 116 Å². The van der Waals surface area contributed by atoms with Crippen molar-refractivity contribution >= 4 is 19.8 Å². The number of likely N-dealkylation sites (N-methyl/N-ethyl adjacent to an activating group) is 1. The van der Waals surface area contributed by atoms with Crippen molar-refractivity contribution < 1.29 is 42.1 Å². The number of allylic oxidation sites excluding steroid dienone is 2. The Morgan fingerprint density at radius 2 is 1.11 bits per heavy atom. The Hall–Kier alpha value is -1.25. The number of phosphoric acid groups is 1. The van der Waals surface area contributed by atoms with E-state index in [1.165, 1.54) is 70.6 Å². The Labute approximate surface area is 282 Å². The van der Waals surface area contributed by atoms with E-state index >= 15 is 0 Å². The lowest BCUT2D eigenvalue weighted by Crippen LogP contribution is -2.37. The minimum absolute atomic E-state index is 0.0300. The van der Waals surface area contributed by atoms with Crippen molar-refractivity contribution in [2.75, 3.05) is 47.5 Å². The minimum Gasteiger partial charge on any atom is -0.756 e. The number of esters is 2. The van der Waals surface area contributed by atoms with Gasteiger partial charge in [-0.3, -0.25) is 14.2 Å². The van der Waals surface area contributed by atoms with Gasteiger partial charge in [-0.05, 0) is 38.5 Å². The molecule has 272 valence electrons. The largest absolute Gasteiger partial charge is 0.756 e. The first-order valence-corrected chi connectivity index (χ1v) is 19.9. The third-order valence-electron chi connectivity index (χ3n) is 7.79. The molecule has 0 amide bonds. The van der Waals surface area contributed by atoms with E-state index in [1.54, 1.807) is 0 Å². The van der Waals surface area contributed by atoms with Gasteiger partial charge in [-0.2, -0.15) is 0 Å². The van der Waals surface area contributed by atoms with Gasteiger partial charge in [-0.15, -0.1) is 0 Å². The monoisotopic (exact) mass is 675 g/mol. The maximum absolute atomic E-state index is 12.6. The lowest BCUT2D eigenvalue weighted by molar-refractivity contribution is -0.870. The number of hydrogen-bond acceptors (Lipinski definition) is 8. The van der Waals surface area contributed by atoms with E-state index in [2.05, 4.69) is 26.0 Å². The van der Waals surface area contributed by atoms with Gasteiger partial charge in [0.1, 0.15) is 19.8 Å². The van der Waals surface area contributed by atoms with Gasteiger partial charge >= 0.3 is 11.9 Å². The second-order valence-electron chi connectivity index (χ2n) is 13.6. The maximum Gasteiger partial charge on any atom is 0.306 e. The highest BCUT2D eigenvalue weighted by Crippen LogP contribution is 2.38. The van der Waals surface area contributed by atoms with E-state index in [4.69, 9.17) is 18.5 Å². The van der Waals surface area contributed by atoms with Crippen molar-refractivity contribution in [3.63, 3.8) is 0 Å². The predicted molar refractivity (Wildman–Crippen MR) is 185 cm³/mol. The van der Waals surface area contributed by atoms with Gasteiger partial charge in [-0.25, -0.2) is 0 Å². The second kappa shape index (κ2) is 29.9. The molecule has 1 unspecified atom stereocenters. The molecule has 0 heterocycles.